The maximum Gasteiger partial charge on any atom is 0.404 e. The van der Waals surface area contributed by atoms with Crippen molar-refractivity contribution in [2.24, 2.45) is 0 Å². The zero-order chi connectivity index (χ0) is 32.6. The van der Waals surface area contributed by atoms with Gasteiger partial charge in [0.2, 0.25) is 15.9 Å². The predicted molar refractivity (Wildman–Crippen MR) is 173 cm³/mol. The number of hydrogen-bond acceptors (Lipinski definition) is 4. The van der Waals surface area contributed by atoms with Gasteiger partial charge >= 0.3 is 6.18 Å². The number of para-hydroxylation sites is 1. The molecule has 2 heterocycles. The molecule has 2 unspecified atom stereocenters. The molecule has 0 bridgehead atoms. The van der Waals surface area contributed by atoms with Crippen LogP contribution in [0.4, 0.5) is 18.9 Å². The Hall–Kier alpha value is -2.79. The largest absolute Gasteiger partial charge is 0.404 e. The van der Waals surface area contributed by atoms with E-state index in [-0.39, 0.29) is 23.4 Å². The number of anilines is 1. The summed E-state index contributed by atoms with van der Waals surface area (Å²) >= 11 is 12.5. The van der Waals surface area contributed by atoms with Gasteiger partial charge in [-0.1, -0.05) is 77.8 Å². The summed E-state index contributed by atoms with van der Waals surface area (Å²) < 4.78 is 69.1. The first kappa shape index (κ1) is 33.6. The maximum atomic E-state index is 14.2. The number of hydrogen-bond donors (Lipinski definition) is 0. The van der Waals surface area contributed by atoms with E-state index in [2.05, 4.69) is 4.90 Å². The van der Waals surface area contributed by atoms with E-state index in [0.29, 0.717) is 29.6 Å². The van der Waals surface area contributed by atoms with Gasteiger partial charge in [-0.2, -0.15) is 13.2 Å². The molecular weight excluding hydrogens is 646 g/mol. The fourth-order valence-corrected chi connectivity index (χ4v) is 8.04. The van der Waals surface area contributed by atoms with Gasteiger partial charge in [0, 0.05) is 31.5 Å². The Morgan fingerprint density at radius 2 is 1.60 bits per heavy atom. The number of rotatable bonds is 9. The first-order valence-corrected chi connectivity index (χ1v) is 17.4. The molecule has 0 aliphatic carbocycles. The number of amides is 1. The van der Waals surface area contributed by atoms with Crippen molar-refractivity contribution in [2.75, 3.05) is 50.3 Å². The molecule has 2 aliphatic rings. The third-order valence-corrected chi connectivity index (χ3v) is 11.1. The van der Waals surface area contributed by atoms with Crippen LogP contribution in [-0.2, 0) is 20.2 Å². The lowest BCUT2D eigenvalue weighted by Gasteiger charge is -2.40. The van der Waals surface area contributed by atoms with Crippen molar-refractivity contribution in [3.05, 3.63) is 99.5 Å². The van der Waals surface area contributed by atoms with Crippen LogP contribution in [0, 0.1) is 0 Å². The molecule has 1 spiro atoms. The molecule has 12 heteroatoms. The molecule has 5 rings (SSSR count). The second-order valence-electron chi connectivity index (χ2n) is 12.2. The van der Waals surface area contributed by atoms with Crippen molar-refractivity contribution >= 4 is 44.8 Å². The molecule has 6 nitrogen and oxygen atoms in total. The molecule has 0 radical (unpaired) electrons. The first-order valence-electron chi connectivity index (χ1n) is 14.8. The molecule has 242 valence electrons. The number of halogens is 5. The average Bonchev–Trinajstić information content (AvgIpc) is 3.32. The molecule has 1 fully saturated rings. The van der Waals surface area contributed by atoms with Gasteiger partial charge in [0.05, 0.1) is 22.0 Å². The number of piperidine rings is 1. The number of benzene rings is 3. The molecule has 1 saturated heterocycles. The van der Waals surface area contributed by atoms with E-state index in [1.165, 1.54) is 46.8 Å². The Balaban J connectivity index is 1.31. The molecule has 2 aliphatic heterocycles. The molecule has 1 amide bonds. The van der Waals surface area contributed by atoms with Crippen LogP contribution in [0.2, 0.25) is 10.0 Å². The lowest BCUT2D eigenvalue weighted by molar-refractivity contribution is -0.171. The van der Waals surface area contributed by atoms with Crippen LogP contribution in [0.1, 0.15) is 47.8 Å². The van der Waals surface area contributed by atoms with Gasteiger partial charge in [0.1, 0.15) is 0 Å². The van der Waals surface area contributed by atoms with Gasteiger partial charge in [0.25, 0.3) is 0 Å². The molecule has 3 aromatic carbocycles. The zero-order valence-electron chi connectivity index (χ0n) is 25.1. The number of sulfonamides is 1. The second kappa shape index (κ2) is 13.1. The monoisotopic (exact) mass is 681 g/mol. The number of fused-ring (bicyclic) bond motifs is 2. The first-order chi connectivity index (χ1) is 21.2. The number of nitrogens with zero attached hydrogens (tertiary/aromatic N) is 3. The second-order valence-corrected chi connectivity index (χ2v) is 14.9. The summed E-state index contributed by atoms with van der Waals surface area (Å²) in [7, 11) is -2.01. The minimum absolute atomic E-state index is 0.0602. The SMILES string of the molecule is CN(CC(CCN1CCC2(CC1)CN(S(C)(=O)=O)c1ccccc12)c1ccc(Cl)c(Cl)c1)C(=O)C(c1ccccc1)C(F)(F)F. The highest BCUT2D eigenvalue weighted by Crippen LogP contribution is 2.48. The highest BCUT2D eigenvalue weighted by atomic mass is 35.5. The van der Waals surface area contributed by atoms with Crippen molar-refractivity contribution in [1.29, 1.82) is 0 Å². The highest BCUT2D eigenvalue weighted by molar-refractivity contribution is 7.92. The van der Waals surface area contributed by atoms with Gasteiger partial charge < -0.3 is 9.80 Å². The molecule has 45 heavy (non-hydrogen) atoms. The fraction of sp³-hybridized carbons (Fsp3) is 0.424. The number of likely N-dealkylation sites (tertiary alicyclic amines) is 1. The summed E-state index contributed by atoms with van der Waals surface area (Å²) in [6.45, 7) is 2.59. The standard InChI is InChI=1S/C33H36Cl2F3N3O3S/c1-39(31(42)30(33(36,37)38)23-8-4-3-5-9-23)21-25(24-12-13-27(34)28(35)20-24)14-17-40-18-15-32(16-19-40)22-41(45(2,43)44)29-11-7-6-10-26(29)32/h3-13,20,25,30H,14-19,21-22H2,1-2H3. The quantitative estimate of drug-likeness (QED) is 0.242. The topological polar surface area (TPSA) is 60.9 Å². The number of carbonyl (C=O) groups excluding carboxylic acids is 1. The van der Waals surface area contributed by atoms with Crippen molar-refractivity contribution in [2.45, 2.75) is 42.7 Å². The van der Waals surface area contributed by atoms with Crippen molar-refractivity contribution in [3.63, 3.8) is 0 Å². The third-order valence-electron chi connectivity index (χ3n) is 9.19. The fourth-order valence-electron chi connectivity index (χ4n) is 6.74. The summed E-state index contributed by atoms with van der Waals surface area (Å²) in [4.78, 5) is 16.8. The Kier molecular flexibility index (Phi) is 9.80. The maximum absolute atomic E-state index is 14.2. The molecule has 2 atom stereocenters. The predicted octanol–water partition coefficient (Wildman–Crippen LogP) is 7.09. The van der Waals surface area contributed by atoms with Gasteiger partial charge in [0.15, 0.2) is 5.92 Å². The minimum Gasteiger partial charge on any atom is -0.344 e. The van der Waals surface area contributed by atoms with E-state index >= 15 is 0 Å². The molecule has 0 aromatic heterocycles. The Bertz CT molecular complexity index is 1630. The lowest BCUT2D eigenvalue weighted by Crippen LogP contribution is -2.46. The summed E-state index contributed by atoms with van der Waals surface area (Å²) in [6, 6.07) is 20.1. The van der Waals surface area contributed by atoms with Gasteiger partial charge in [-0.25, -0.2) is 8.42 Å². The summed E-state index contributed by atoms with van der Waals surface area (Å²) in [5, 5.41) is 0.701. The van der Waals surface area contributed by atoms with Crippen LogP contribution in [0.3, 0.4) is 0 Å². The summed E-state index contributed by atoms with van der Waals surface area (Å²) in [5.74, 6) is -3.59. The van der Waals surface area contributed by atoms with E-state index in [1.54, 1.807) is 24.3 Å². The van der Waals surface area contributed by atoms with Gasteiger partial charge in [-0.15, -0.1) is 0 Å². The van der Waals surface area contributed by atoms with E-state index in [9.17, 15) is 26.4 Å². The number of likely N-dealkylation sites (N-methyl/N-ethyl adjacent to an activating group) is 1. The number of alkyl halides is 3. The van der Waals surface area contributed by atoms with Gasteiger partial charge in [-0.05, 0) is 73.8 Å². The van der Waals surface area contributed by atoms with Crippen LogP contribution >= 0.6 is 23.2 Å². The minimum atomic E-state index is -4.75. The average molecular weight is 683 g/mol. The highest BCUT2D eigenvalue weighted by Gasteiger charge is 2.48. The normalized spacial score (nSPS) is 18.1. The number of carbonyl (C=O) groups is 1. The lowest BCUT2D eigenvalue weighted by atomic mass is 9.74. The van der Waals surface area contributed by atoms with Crippen LogP contribution < -0.4 is 4.31 Å². The van der Waals surface area contributed by atoms with E-state index in [0.717, 1.165) is 42.7 Å². The van der Waals surface area contributed by atoms with Crippen molar-refractivity contribution in [1.82, 2.24) is 9.80 Å². The van der Waals surface area contributed by atoms with Crippen LogP contribution in [0.25, 0.3) is 0 Å². The summed E-state index contributed by atoms with van der Waals surface area (Å²) in [6.07, 6.45) is -1.40. The molecule has 0 saturated carbocycles. The Morgan fingerprint density at radius 1 is 0.956 bits per heavy atom. The Morgan fingerprint density at radius 3 is 2.22 bits per heavy atom. The van der Waals surface area contributed by atoms with Crippen LogP contribution in [0.15, 0.2) is 72.8 Å². The van der Waals surface area contributed by atoms with Crippen LogP contribution in [-0.4, -0.2) is 76.3 Å². The van der Waals surface area contributed by atoms with E-state index < -0.39 is 28.0 Å². The van der Waals surface area contributed by atoms with Crippen LogP contribution in [0.5, 0.6) is 0 Å². The molecule has 3 aromatic rings. The van der Waals surface area contributed by atoms with Gasteiger partial charge in [-0.3, -0.25) is 9.10 Å². The molecule has 0 N–H and O–H groups in total. The van der Waals surface area contributed by atoms with E-state index in [1.807, 2.05) is 24.3 Å². The smallest absolute Gasteiger partial charge is 0.344 e. The van der Waals surface area contributed by atoms with Crippen molar-refractivity contribution < 1.29 is 26.4 Å². The summed E-state index contributed by atoms with van der Waals surface area (Å²) in [5.41, 5.74) is 2.22. The van der Waals surface area contributed by atoms with E-state index in [4.69, 9.17) is 23.2 Å². The zero-order valence-corrected chi connectivity index (χ0v) is 27.4. The molecular formula is C33H36Cl2F3N3O3S. The third kappa shape index (κ3) is 7.29. The van der Waals surface area contributed by atoms with Crippen molar-refractivity contribution in [3.8, 4) is 0 Å². The Labute approximate surface area is 272 Å².